The van der Waals surface area contributed by atoms with Gasteiger partial charge in [0.05, 0.1) is 23.9 Å². The molecule has 31 heavy (non-hydrogen) atoms. The molecule has 0 radical (unpaired) electrons. The van der Waals surface area contributed by atoms with E-state index >= 15 is 0 Å². The van der Waals surface area contributed by atoms with Gasteiger partial charge in [-0.3, -0.25) is 0 Å². The van der Waals surface area contributed by atoms with Gasteiger partial charge < -0.3 is 20.4 Å². The highest BCUT2D eigenvalue weighted by molar-refractivity contribution is 5.38. The molecule has 0 aromatic heterocycles. The number of aliphatic hydroxyl groups is 4. The molecule has 4 heteroatoms. The lowest BCUT2D eigenvalue weighted by Crippen LogP contribution is -2.38. The molecule has 3 saturated carbocycles. The van der Waals surface area contributed by atoms with Gasteiger partial charge in [-0.15, -0.1) is 0 Å². The first-order valence-electron chi connectivity index (χ1n) is 12.3. The Morgan fingerprint density at radius 1 is 1.19 bits per heavy atom. The first-order chi connectivity index (χ1) is 14.4. The van der Waals surface area contributed by atoms with Crippen molar-refractivity contribution in [3.05, 3.63) is 35.5 Å². The fourth-order valence-corrected chi connectivity index (χ4v) is 6.65. The topological polar surface area (TPSA) is 80.9 Å². The van der Waals surface area contributed by atoms with E-state index in [0.717, 1.165) is 24.0 Å². The Morgan fingerprint density at radius 2 is 1.90 bits per heavy atom. The molecule has 3 rings (SSSR count). The normalized spacial score (nSPS) is 39.0. The van der Waals surface area contributed by atoms with E-state index < -0.39 is 23.9 Å². The smallest absolute Gasteiger partial charge is 0.0849 e. The second kappa shape index (κ2) is 9.51. The predicted octanol–water partition coefficient (Wildman–Crippen LogP) is 4.68. The third-order valence-electron chi connectivity index (χ3n) is 8.70. The van der Waals surface area contributed by atoms with Gasteiger partial charge in [0.1, 0.15) is 0 Å². The highest BCUT2D eigenvalue weighted by Gasteiger charge is 2.50. The van der Waals surface area contributed by atoms with E-state index in [1.807, 2.05) is 0 Å². The Bertz CT molecular complexity index is 715. The SMILES string of the molecule is C=C1/C(=C\C=C2/CCC[C@@]3(C)C2CC[C@@H]3[C@H](C)CCC(O)C(C)(C)O)C[C@@H](O)CC1O. The third kappa shape index (κ3) is 5.35. The number of hydrogen-bond acceptors (Lipinski definition) is 4. The van der Waals surface area contributed by atoms with Crippen molar-refractivity contribution in [3.63, 3.8) is 0 Å². The number of rotatable bonds is 6. The van der Waals surface area contributed by atoms with Crippen molar-refractivity contribution in [2.45, 2.75) is 109 Å². The molecule has 3 aliphatic rings. The van der Waals surface area contributed by atoms with Crippen LogP contribution in [0.2, 0.25) is 0 Å². The van der Waals surface area contributed by atoms with Crippen LogP contribution in [0.25, 0.3) is 0 Å². The summed E-state index contributed by atoms with van der Waals surface area (Å²) in [5.41, 5.74) is 2.48. The maximum Gasteiger partial charge on any atom is 0.0849 e. The van der Waals surface area contributed by atoms with Crippen molar-refractivity contribution < 1.29 is 20.4 Å². The lowest BCUT2D eigenvalue weighted by Gasteiger charge is -2.44. The van der Waals surface area contributed by atoms with Gasteiger partial charge in [-0.2, -0.15) is 0 Å². The Balaban J connectivity index is 1.71. The van der Waals surface area contributed by atoms with Crippen molar-refractivity contribution in [2.24, 2.45) is 23.2 Å². The van der Waals surface area contributed by atoms with Gasteiger partial charge in [-0.1, -0.05) is 38.2 Å². The van der Waals surface area contributed by atoms with Crippen LogP contribution in [-0.2, 0) is 0 Å². The van der Waals surface area contributed by atoms with Crippen LogP contribution in [0.15, 0.2) is 35.5 Å². The van der Waals surface area contributed by atoms with E-state index in [4.69, 9.17) is 0 Å². The van der Waals surface area contributed by atoms with Crippen LogP contribution < -0.4 is 0 Å². The average molecular weight is 433 g/mol. The maximum atomic E-state index is 10.3. The fourth-order valence-electron chi connectivity index (χ4n) is 6.65. The van der Waals surface area contributed by atoms with Crippen LogP contribution in [0.3, 0.4) is 0 Å². The van der Waals surface area contributed by atoms with Crippen molar-refractivity contribution in [1.29, 1.82) is 0 Å². The first kappa shape index (κ1) is 24.7. The Hall–Kier alpha value is -0.940. The summed E-state index contributed by atoms with van der Waals surface area (Å²) in [7, 11) is 0. The molecule has 0 aliphatic heterocycles. The summed E-state index contributed by atoms with van der Waals surface area (Å²) in [6.45, 7) is 12.2. The molecule has 0 aromatic carbocycles. The zero-order chi connectivity index (χ0) is 23.0. The first-order valence-corrected chi connectivity index (χ1v) is 12.3. The van der Waals surface area contributed by atoms with Gasteiger partial charge in [-0.05, 0) is 99.5 Å². The molecule has 0 spiro atoms. The number of hydrogen-bond donors (Lipinski definition) is 4. The number of fused-ring (bicyclic) bond motifs is 1. The zero-order valence-electron chi connectivity index (χ0n) is 20.0. The van der Waals surface area contributed by atoms with E-state index in [0.29, 0.717) is 37.0 Å². The van der Waals surface area contributed by atoms with Crippen LogP contribution in [0.5, 0.6) is 0 Å². The molecule has 0 bridgehead atoms. The molecule has 0 heterocycles. The molecule has 0 aromatic rings. The standard InChI is InChI=1S/C27H44O4/c1-17(8-13-25(30)26(3,4)31)22-11-12-23-19(7-6-14-27(22,23)5)9-10-20-15-21(28)16-24(29)18(20)2/h9-10,17,21-25,28-31H,2,6-8,11-16H2,1,3-5H3/b19-9+,20-10-/t17-,21-,22-,23?,24?,25?,27-/m1/s1. The number of allylic oxidation sites excluding steroid dienone is 3. The lowest BCUT2D eigenvalue weighted by molar-refractivity contribution is -0.0554. The Labute approximate surface area is 188 Å². The van der Waals surface area contributed by atoms with E-state index in [1.54, 1.807) is 13.8 Å². The van der Waals surface area contributed by atoms with Gasteiger partial charge in [0.2, 0.25) is 0 Å². The van der Waals surface area contributed by atoms with Crippen LogP contribution in [0.1, 0.15) is 85.5 Å². The minimum absolute atomic E-state index is 0.282. The monoisotopic (exact) mass is 432 g/mol. The molecule has 0 saturated heterocycles. The molecular weight excluding hydrogens is 388 g/mol. The highest BCUT2D eigenvalue weighted by Crippen LogP contribution is 2.60. The van der Waals surface area contributed by atoms with Crippen molar-refractivity contribution in [1.82, 2.24) is 0 Å². The summed E-state index contributed by atoms with van der Waals surface area (Å²) >= 11 is 0. The predicted molar refractivity (Wildman–Crippen MR) is 125 cm³/mol. The lowest BCUT2D eigenvalue weighted by atomic mass is 9.60. The van der Waals surface area contributed by atoms with Gasteiger partial charge in [0.15, 0.2) is 0 Å². The van der Waals surface area contributed by atoms with E-state index in [9.17, 15) is 20.4 Å². The number of aliphatic hydroxyl groups excluding tert-OH is 3. The van der Waals surface area contributed by atoms with Gasteiger partial charge in [0.25, 0.3) is 0 Å². The van der Waals surface area contributed by atoms with E-state index in [-0.39, 0.29) is 5.41 Å². The van der Waals surface area contributed by atoms with Gasteiger partial charge >= 0.3 is 0 Å². The summed E-state index contributed by atoms with van der Waals surface area (Å²) in [5, 5.41) is 40.5. The molecule has 3 aliphatic carbocycles. The molecule has 3 unspecified atom stereocenters. The third-order valence-corrected chi connectivity index (χ3v) is 8.70. The van der Waals surface area contributed by atoms with Gasteiger partial charge in [-0.25, -0.2) is 0 Å². The zero-order valence-corrected chi connectivity index (χ0v) is 20.0. The Kier molecular flexibility index (Phi) is 7.57. The van der Waals surface area contributed by atoms with Crippen molar-refractivity contribution in [2.75, 3.05) is 0 Å². The summed E-state index contributed by atoms with van der Waals surface area (Å²) in [6.07, 6.45) is 11.1. The summed E-state index contributed by atoms with van der Waals surface area (Å²) < 4.78 is 0. The summed E-state index contributed by atoms with van der Waals surface area (Å²) in [5.74, 6) is 1.74. The molecule has 7 atom stereocenters. The quantitative estimate of drug-likeness (QED) is 0.491. The average Bonchev–Trinajstić information content (AvgIpc) is 3.04. The summed E-state index contributed by atoms with van der Waals surface area (Å²) in [6, 6.07) is 0. The Morgan fingerprint density at radius 3 is 2.58 bits per heavy atom. The minimum atomic E-state index is -1.04. The van der Waals surface area contributed by atoms with Crippen LogP contribution in [0, 0.1) is 23.2 Å². The molecule has 0 amide bonds. The molecule has 4 N–H and O–H groups in total. The van der Waals surface area contributed by atoms with Gasteiger partial charge in [0, 0.05) is 6.42 Å². The maximum absolute atomic E-state index is 10.3. The molecular formula is C27H44O4. The largest absolute Gasteiger partial charge is 0.393 e. The van der Waals surface area contributed by atoms with Crippen molar-refractivity contribution in [3.8, 4) is 0 Å². The van der Waals surface area contributed by atoms with Crippen molar-refractivity contribution >= 4 is 0 Å². The van der Waals surface area contributed by atoms with Crippen LogP contribution in [-0.4, -0.2) is 44.3 Å². The second-order valence-electron chi connectivity index (χ2n) is 11.4. The van der Waals surface area contributed by atoms with Crippen LogP contribution in [0.4, 0.5) is 0 Å². The molecule has 3 fully saturated rings. The van der Waals surface area contributed by atoms with E-state index in [1.165, 1.54) is 31.3 Å². The van der Waals surface area contributed by atoms with E-state index in [2.05, 4.69) is 32.6 Å². The van der Waals surface area contributed by atoms with Crippen LogP contribution >= 0.6 is 0 Å². The molecule has 176 valence electrons. The second-order valence-corrected chi connectivity index (χ2v) is 11.4. The minimum Gasteiger partial charge on any atom is -0.393 e. The fraction of sp³-hybridized carbons (Fsp3) is 0.778. The summed E-state index contributed by atoms with van der Waals surface area (Å²) in [4.78, 5) is 0. The molecule has 4 nitrogen and oxygen atoms in total. The highest BCUT2D eigenvalue weighted by atomic mass is 16.3.